The van der Waals surface area contributed by atoms with Crippen molar-refractivity contribution in [1.29, 1.82) is 0 Å². The molecule has 9 nitrogen and oxygen atoms in total. The van der Waals surface area contributed by atoms with Crippen LogP contribution in [0.25, 0.3) is 0 Å². The molecule has 2 aromatic rings. The van der Waals surface area contributed by atoms with Crippen LogP contribution < -0.4 is 4.74 Å². The van der Waals surface area contributed by atoms with Gasteiger partial charge in [0.2, 0.25) is 5.88 Å². The fourth-order valence-corrected chi connectivity index (χ4v) is 3.83. The van der Waals surface area contributed by atoms with Gasteiger partial charge in [-0.25, -0.2) is 14.6 Å². The van der Waals surface area contributed by atoms with Gasteiger partial charge in [0.25, 0.3) is 0 Å². The van der Waals surface area contributed by atoms with Crippen molar-refractivity contribution in [3.05, 3.63) is 54.0 Å². The van der Waals surface area contributed by atoms with Crippen LogP contribution in [0, 0.1) is 18.3 Å². The first-order valence-corrected chi connectivity index (χ1v) is 11.0. The number of fused-ring (bicyclic) bond motifs is 1. The van der Waals surface area contributed by atoms with Crippen LogP contribution in [0.2, 0.25) is 0 Å². The first-order chi connectivity index (χ1) is 17.6. The van der Waals surface area contributed by atoms with Gasteiger partial charge in [-0.05, 0) is 25.1 Å². The molecule has 2 aliphatic heterocycles. The first-order valence-electron chi connectivity index (χ1n) is 11.0. The number of hydrogen-bond acceptors (Lipinski definition) is 7. The Morgan fingerprint density at radius 3 is 2.24 bits per heavy atom. The SMILES string of the molecule is Cc1cccc(CN2C[C@@H]3COC[C@]3(COc3ccccn3)C2)n1.O=C(O)C(F)(F)F.O=C(O)C(F)(F)F. The van der Waals surface area contributed by atoms with E-state index in [0.29, 0.717) is 18.4 Å². The zero-order chi connectivity index (χ0) is 28.6. The molecule has 0 spiro atoms. The van der Waals surface area contributed by atoms with E-state index >= 15 is 0 Å². The summed E-state index contributed by atoms with van der Waals surface area (Å²) in [5, 5.41) is 14.2. The van der Waals surface area contributed by atoms with Crippen LogP contribution in [0.15, 0.2) is 42.6 Å². The molecule has 0 radical (unpaired) electrons. The molecule has 38 heavy (non-hydrogen) atoms. The second kappa shape index (κ2) is 12.9. The monoisotopic (exact) mass is 553 g/mol. The number of rotatable bonds is 5. The van der Waals surface area contributed by atoms with Crippen molar-refractivity contribution in [1.82, 2.24) is 14.9 Å². The number of carboxylic acid groups (broad SMARTS) is 2. The summed E-state index contributed by atoms with van der Waals surface area (Å²) in [4.78, 5) is 29.2. The van der Waals surface area contributed by atoms with Crippen LogP contribution in [0.4, 0.5) is 26.3 Å². The second-order valence-corrected chi connectivity index (χ2v) is 8.58. The quantitative estimate of drug-likeness (QED) is 0.535. The number of halogens is 6. The largest absolute Gasteiger partial charge is 0.490 e. The number of aromatic nitrogens is 2. The summed E-state index contributed by atoms with van der Waals surface area (Å²) in [7, 11) is 0. The minimum atomic E-state index is -5.08. The van der Waals surface area contributed by atoms with Crippen molar-refractivity contribution in [2.24, 2.45) is 11.3 Å². The van der Waals surface area contributed by atoms with Gasteiger partial charge in [0.05, 0.1) is 25.5 Å². The molecule has 4 rings (SSSR count). The molecule has 2 N–H and O–H groups in total. The van der Waals surface area contributed by atoms with Gasteiger partial charge in [0, 0.05) is 48.9 Å². The second-order valence-electron chi connectivity index (χ2n) is 8.58. The van der Waals surface area contributed by atoms with Gasteiger partial charge in [-0.3, -0.25) is 9.88 Å². The molecular formula is C23H25F6N3O6. The summed E-state index contributed by atoms with van der Waals surface area (Å²) in [5.74, 6) is -4.30. The Labute approximate surface area is 213 Å². The zero-order valence-corrected chi connectivity index (χ0v) is 20.0. The Morgan fingerprint density at radius 1 is 1.08 bits per heavy atom. The molecule has 0 unspecified atom stereocenters. The van der Waals surface area contributed by atoms with E-state index in [9.17, 15) is 26.3 Å². The van der Waals surface area contributed by atoms with Crippen molar-refractivity contribution in [3.8, 4) is 5.88 Å². The fourth-order valence-electron chi connectivity index (χ4n) is 3.83. The summed E-state index contributed by atoms with van der Waals surface area (Å²) >= 11 is 0. The van der Waals surface area contributed by atoms with Gasteiger partial charge in [0.1, 0.15) is 0 Å². The summed E-state index contributed by atoms with van der Waals surface area (Å²) in [6.45, 7) is 7.21. The van der Waals surface area contributed by atoms with Crippen molar-refractivity contribution in [3.63, 3.8) is 0 Å². The maximum atomic E-state index is 10.6. The number of likely N-dealkylation sites (tertiary alicyclic amines) is 1. The molecule has 4 heterocycles. The van der Waals surface area contributed by atoms with Crippen LogP contribution in [-0.2, 0) is 20.9 Å². The van der Waals surface area contributed by atoms with E-state index in [2.05, 4.69) is 27.0 Å². The highest BCUT2D eigenvalue weighted by atomic mass is 19.4. The van der Waals surface area contributed by atoms with Gasteiger partial charge >= 0.3 is 24.3 Å². The third kappa shape index (κ3) is 9.45. The number of hydrogen-bond donors (Lipinski definition) is 2. The predicted octanol–water partition coefficient (Wildman–Crippen LogP) is 3.58. The van der Waals surface area contributed by atoms with Crippen molar-refractivity contribution in [2.75, 3.05) is 32.9 Å². The topological polar surface area (TPSA) is 122 Å². The molecule has 15 heteroatoms. The van der Waals surface area contributed by atoms with E-state index < -0.39 is 24.3 Å². The number of alkyl halides is 6. The molecule has 0 aromatic carbocycles. The van der Waals surface area contributed by atoms with Crippen LogP contribution in [0.1, 0.15) is 11.4 Å². The lowest BCUT2D eigenvalue weighted by Gasteiger charge is -2.27. The fraction of sp³-hybridized carbons (Fsp3) is 0.478. The number of pyridine rings is 2. The number of aryl methyl sites for hydroxylation is 1. The van der Waals surface area contributed by atoms with Gasteiger partial charge in [-0.1, -0.05) is 12.1 Å². The molecule has 0 aliphatic carbocycles. The van der Waals surface area contributed by atoms with Crippen LogP contribution in [0.3, 0.4) is 0 Å². The Balaban J connectivity index is 0.000000301. The molecule has 2 fully saturated rings. The average molecular weight is 553 g/mol. The molecule has 0 amide bonds. The molecule has 2 saturated heterocycles. The van der Waals surface area contributed by atoms with E-state index in [1.165, 1.54) is 0 Å². The van der Waals surface area contributed by atoms with Crippen LogP contribution in [-0.4, -0.2) is 82.3 Å². The maximum Gasteiger partial charge on any atom is 0.490 e. The molecule has 2 aromatic heterocycles. The Hall–Kier alpha value is -3.46. The zero-order valence-electron chi connectivity index (χ0n) is 20.0. The first kappa shape index (κ1) is 30.8. The van der Waals surface area contributed by atoms with E-state index in [1.807, 2.05) is 31.2 Å². The van der Waals surface area contributed by atoms with Gasteiger partial charge in [-0.2, -0.15) is 26.3 Å². The number of carbonyl (C=O) groups is 2. The van der Waals surface area contributed by atoms with E-state index in [0.717, 1.165) is 44.2 Å². The lowest BCUT2D eigenvalue weighted by molar-refractivity contribution is -0.193. The molecule has 2 aliphatic rings. The van der Waals surface area contributed by atoms with Gasteiger partial charge < -0.3 is 19.7 Å². The highest BCUT2D eigenvalue weighted by molar-refractivity contribution is 5.73. The van der Waals surface area contributed by atoms with Gasteiger partial charge in [-0.15, -0.1) is 0 Å². The summed E-state index contributed by atoms with van der Waals surface area (Å²) in [5.41, 5.74) is 2.28. The van der Waals surface area contributed by atoms with Crippen molar-refractivity contribution >= 4 is 11.9 Å². The van der Waals surface area contributed by atoms with E-state index in [-0.39, 0.29) is 5.41 Å². The minimum Gasteiger partial charge on any atom is -0.477 e. The smallest absolute Gasteiger partial charge is 0.477 e. The minimum absolute atomic E-state index is 0.0708. The number of nitrogens with zero attached hydrogens (tertiary/aromatic N) is 3. The number of ether oxygens (including phenoxy) is 2. The molecule has 2 atom stereocenters. The summed E-state index contributed by atoms with van der Waals surface area (Å²) in [6.07, 6.45) is -8.40. The van der Waals surface area contributed by atoms with Gasteiger partial charge in [0.15, 0.2) is 0 Å². The third-order valence-corrected chi connectivity index (χ3v) is 5.55. The lowest BCUT2D eigenvalue weighted by Crippen LogP contribution is -2.37. The highest BCUT2D eigenvalue weighted by Gasteiger charge is 2.51. The van der Waals surface area contributed by atoms with E-state index in [4.69, 9.17) is 29.3 Å². The van der Waals surface area contributed by atoms with E-state index in [1.54, 1.807) is 6.20 Å². The average Bonchev–Trinajstić information content (AvgIpc) is 3.35. The Morgan fingerprint density at radius 2 is 1.71 bits per heavy atom. The number of carboxylic acids is 2. The molecular weight excluding hydrogens is 528 g/mol. The van der Waals surface area contributed by atoms with Crippen LogP contribution >= 0.6 is 0 Å². The normalized spacial score (nSPS) is 20.9. The Kier molecular flexibility index (Phi) is 10.4. The Bertz CT molecular complexity index is 1050. The number of aliphatic carboxylic acids is 2. The highest BCUT2D eigenvalue weighted by Crippen LogP contribution is 2.42. The van der Waals surface area contributed by atoms with Crippen molar-refractivity contribution in [2.45, 2.75) is 25.8 Å². The predicted molar refractivity (Wildman–Crippen MR) is 118 cm³/mol. The van der Waals surface area contributed by atoms with Crippen molar-refractivity contribution < 1.29 is 55.6 Å². The third-order valence-electron chi connectivity index (χ3n) is 5.55. The molecule has 0 saturated carbocycles. The maximum absolute atomic E-state index is 10.6. The molecule has 0 bridgehead atoms. The lowest BCUT2D eigenvalue weighted by atomic mass is 9.82. The molecule has 210 valence electrons. The van der Waals surface area contributed by atoms with Crippen LogP contribution in [0.5, 0.6) is 5.88 Å². The summed E-state index contributed by atoms with van der Waals surface area (Å²) < 4.78 is 75.2. The standard InChI is InChI=1S/C19H23N3O2.2C2HF3O2/c1-15-5-4-6-17(21-15)10-22-9-16-11-23-13-19(16,12-22)14-24-18-7-2-3-8-20-18;2*3-2(4,5)1(6)7/h2-8,16H,9-14H2,1H3;2*(H,6,7)/t16-,19+;;/m1../s1. The summed E-state index contributed by atoms with van der Waals surface area (Å²) in [6, 6.07) is 12.0.